The molecule has 2 aromatic rings. The molecule has 1 N–H and O–H groups in total. The maximum Gasteiger partial charge on any atom is 0.119 e. The first kappa shape index (κ1) is 14.6. The minimum atomic E-state index is 0.696. The minimum Gasteiger partial charge on any atom is -0.494 e. The Balaban J connectivity index is 2.39. The predicted molar refractivity (Wildman–Crippen MR) is 85.2 cm³/mol. The zero-order valence-corrected chi connectivity index (χ0v) is 12.6. The molecule has 0 aliphatic rings. The molecule has 0 radical (unpaired) electrons. The van der Waals surface area contributed by atoms with Gasteiger partial charge < -0.3 is 10.1 Å². The fourth-order valence-corrected chi connectivity index (χ4v) is 2.29. The smallest absolute Gasteiger partial charge is 0.119 e. The third-order valence-corrected chi connectivity index (χ3v) is 3.29. The molecule has 0 heterocycles. The van der Waals surface area contributed by atoms with E-state index >= 15 is 0 Å². The normalized spacial score (nSPS) is 10.6. The van der Waals surface area contributed by atoms with Crippen molar-refractivity contribution < 1.29 is 4.74 Å². The van der Waals surface area contributed by atoms with Crippen molar-refractivity contribution in [2.24, 2.45) is 0 Å². The molecule has 0 atom stereocenters. The van der Waals surface area contributed by atoms with Crippen molar-refractivity contribution in [1.82, 2.24) is 5.32 Å². The summed E-state index contributed by atoms with van der Waals surface area (Å²) >= 11 is 0. The van der Waals surface area contributed by atoms with E-state index in [1.807, 2.05) is 13.0 Å². The van der Waals surface area contributed by atoms with Crippen LogP contribution in [0.25, 0.3) is 11.1 Å². The molecule has 0 unspecified atom stereocenters. The number of aryl methyl sites for hydroxylation is 1. The van der Waals surface area contributed by atoms with E-state index in [9.17, 15) is 0 Å². The largest absolute Gasteiger partial charge is 0.494 e. The lowest BCUT2D eigenvalue weighted by atomic mass is 9.97. The summed E-state index contributed by atoms with van der Waals surface area (Å²) < 4.78 is 5.60. The van der Waals surface area contributed by atoms with Crippen LogP contribution in [-0.2, 0) is 6.54 Å². The lowest BCUT2D eigenvalue weighted by Crippen LogP contribution is -2.12. The Morgan fingerprint density at radius 1 is 1.05 bits per heavy atom. The second kappa shape index (κ2) is 7.11. The first-order valence-electron chi connectivity index (χ1n) is 7.28. The molecule has 0 spiro atoms. The fraction of sp³-hybridized carbons (Fsp3) is 0.333. The Morgan fingerprint density at radius 3 is 2.65 bits per heavy atom. The van der Waals surface area contributed by atoms with Crippen LogP contribution in [0.4, 0.5) is 0 Å². The highest BCUT2D eigenvalue weighted by Gasteiger charge is 2.06. The minimum absolute atomic E-state index is 0.696. The molecule has 0 aliphatic heterocycles. The van der Waals surface area contributed by atoms with E-state index < -0.39 is 0 Å². The van der Waals surface area contributed by atoms with Gasteiger partial charge in [-0.1, -0.05) is 42.8 Å². The molecular formula is C18H23NO. The van der Waals surface area contributed by atoms with Crippen molar-refractivity contribution in [2.75, 3.05) is 13.2 Å². The average Bonchev–Trinajstić information content (AvgIpc) is 2.46. The van der Waals surface area contributed by atoms with Crippen LogP contribution < -0.4 is 10.1 Å². The van der Waals surface area contributed by atoms with Crippen molar-refractivity contribution in [2.45, 2.75) is 27.3 Å². The standard InChI is InChI=1S/C18H23NO/c1-4-19-13-16-10-9-14(3)11-18(16)15-7-6-8-17(12-15)20-5-2/h6-12,19H,4-5,13H2,1-3H3. The number of ether oxygens (including phenoxy) is 1. The highest BCUT2D eigenvalue weighted by atomic mass is 16.5. The second-order valence-electron chi connectivity index (χ2n) is 4.90. The zero-order chi connectivity index (χ0) is 14.4. The Bertz CT molecular complexity index is 563. The van der Waals surface area contributed by atoms with Gasteiger partial charge in [0.2, 0.25) is 0 Å². The molecule has 0 saturated heterocycles. The quantitative estimate of drug-likeness (QED) is 0.849. The molecule has 20 heavy (non-hydrogen) atoms. The second-order valence-corrected chi connectivity index (χ2v) is 4.90. The monoisotopic (exact) mass is 269 g/mol. The maximum absolute atomic E-state index is 5.60. The molecule has 0 saturated carbocycles. The highest BCUT2D eigenvalue weighted by molar-refractivity contribution is 5.69. The maximum atomic E-state index is 5.60. The first-order chi connectivity index (χ1) is 9.74. The van der Waals surface area contributed by atoms with Gasteiger partial charge in [-0.15, -0.1) is 0 Å². The number of hydrogen-bond donors (Lipinski definition) is 1. The van der Waals surface area contributed by atoms with Crippen LogP contribution in [0.2, 0.25) is 0 Å². The molecule has 106 valence electrons. The van der Waals surface area contributed by atoms with E-state index in [4.69, 9.17) is 4.74 Å². The molecule has 2 aromatic carbocycles. The first-order valence-corrected chi connectivity index (χ1v) is 7.28. The van der Waals surface area contributed by atoms with Crippen LogP contribution in [0.5, 0.6) is 5.75 Å². The van der Waals surface area contributed by atoms with E-state index in [1.165, 1.54) is 22.3 Å². The summed E-state index contributed by atoms with van der Waals surface area (Å²) in [6, 6.07) is 15.0. The summed E-state index contributed by atoms with van der Waals surface area (Å²) in [6.07, 6.45) is 0. The summed E-state index contributed by atoms with van der Waals surface area (Å²) in [5.41, 5.74) is 5.10. The molecule has 0 fully saturated rings. The molecular weight excluding hydrogens is 246 g/mol. The molecule has 2 nitrogen and oxygen atoms in total. The highest BCUT2D eigenvalue weighted by Crippen LogP contribution is 2.28. The summed E-state index contributed by atoms with van der Waals surface area (Å²) in [6.45, 7) is 8.84. The summed E-state index contributed by atoms with van der Waals surface area (Å²) in [5.74, 6) is 0.931. The fourth-order valence-electron chi connectivity index (χ4n) is 2.29. The molecule has 2 rings (SSSR count). The number of benzene rings is 2. The van der Waals surface area contributed by atoms with Gasteiger partial charge in [-0.3, -0.25) is 0 Å². The van der Waals surface area contributed by atoms with Crippen LogP contribution in [0, 0.1) is 6.92 Å². The van der Waals surface area contributed by atoms with E-state index in [2.05, 4.69) is 55.6 Å². The Labute approximate surface area is 121 Å². The molecule has 0 aliphatic carbocycles. The van der Waals surface area contributed by atoms with Gasteiger partial charge in [0, 0.05) is 6.54 Å². The van der Waals surface area contributed by atoms with Gasteiger partial charge in [0.15, 0.2) is 0 Å². The zero-order valence-electron chi connectivity index (χ0n) is 12.6. The topological polar surface area (TPSA) is 21.3 Å². The number of hydrogen-bond acceptors (Lipinski definition) is 2. The van der Waals surface area contributed by atoms with Gasteiger partial charge >= 0.3 is 0 Å². The summed E-state index contributed by atoms with van der Waals surface area (Å²) in [4.78, 5) is 0. The van der Waals surface area contributed by atoms with Crippen molar-refractivity contribution in [3.05, 3.63) is 53.6 Å². The van der Waals surface area contributed by atoms with Crippen molar-refractivity contribution in [3.8, 4) is 16.9 Å². The van der Waals surface area contributed by atoms with Gasteiger partial charge in [-0.2, -0.15) is 0 Å². The Morgan fingerprint density at radius 2 is 1.90 bits per heavy atom. The van der Waals surface area contributed by atoms with E-state index in [1.54, 1.807) is 0 Å². The van der Waals surface area contributed by atoms with E-state index in [0.29, 0.717) is 6.61 Å². The summed E-state index contributed by atoms with van der Waals surface area (Å²) in [5, 5.41) is 3.40. The molecule has 0 bridgehead atoms. The third-order valence-electron chi connectivity index (χ3n) is 3.29. The lowest BCUT2D eigenvalue weighted by Gasteiger charge is -2.13. The molecule has 0 aromatic heterocycles. The molecule has 0 amide bonds. The van der Waals surface area contributed by atoms with Crippen molar-refractivity contribution >= 4 is 0 Å². The average molecular weight is 269 g/mol. The SMILES string of the molecule is CCNCc1ccc(C)cc1-c1cccc(OCC)c1. The van der Waals surface area contributed by atoms with Gasteiger partial charge in [-0.05, 0) is 49.2 Å². The van der Waals surface area contributed by atoms with E-state index in [0.717, 1.165) is 18.8 Å². The van der Waals surface area contributed by atoms with Crippen molar-refractivity contribution in [1.29, 1.82) is 0 Å². The van der Waals surface area contributed by atoms with Gasteiger partial charge in [0.1, 0.15) is 5.75 Å². The predicted octanol–water partition coefficient (Wildman–Crippen LogP) is 4.17. The van der Waals surface area contributed by atoms with Crippen LogP contribution in [0.3, 0.4) is 0 Å². The van der Waals surface area contributed by atoms with Crippen LogP contribution in [0.15, 0.2) is 42.5 Å². The Hall–Kier alpha value is -1.80. The number of nitrogens with one attached hydrogen (secondary N) is 1. The van der Waals surface area contributed by atoms with Crippen LogP contribution >= 0.6 is 0 Å². The van der Waals surface area contributed by atoms with Gasteiger partial charge in [0.05, 0.1) is 6.61 Å². The number of rotatable bonds is 6. The molecule has 2 heteroatoms. The van der Waals surface area contributed by atoms with Crippen LogP contribution in [0.1, 0.15) is 25.0 Å². The van der Waals surface area contributed by atoms with E-state index in [-0.39, 0.29) is 0 Å². The Kier molecular flexibility index (Phi) is 5.19. The van der Waals surface area contributed by atoms with Crippen LogP contribution in [-0.4, -0.2) is 13.2 Å². The van der Waals surface area contributed by atoms with Crippen molar-refractivity contribution in [3.63, 3.8) is 0 Å². The third kappa shape index (κ3) is 3.61. The van der Waals surface area contributed by atoms with Gasteiger partial charge in [0.25, 0.3) is 0 Å². The summed E-state index contributed by atoms with van der Waals surface area (Å²) in [7, 11) is 0. The van der Waals surface area contributed by atoms with Gasteiger partial charge in [-0.25, -0.2) is 0 Å². The lowest BCUT2D eigenvalue weighted by molar-refractivity contribution is 0.340.